The molecule has 0 bridgehead atoms. The second-order valence-corrected chi connectivity index (χ2v) is 5.36. The van der Waals surface area contributed by atoms with E-state index in [2.05, 4.69) is 22.5 Å². The highest BCUT2D eigenvalue weighted by Gasteiger charge is 2.06. The van der Waals surface area contributed by atoms with Gasteiger partial charge in [-0.25, -0.2) is 0 Å². The van der Waals surface area contributed by atoms with E-state index >= 15 is 0 Å². The molecule has 0 unspecified atom stereocenters. The quantitative estimate of drug-likeness (QED) is 0.823. The number of nitrogens with zero attached hydrogens (tertiary/aromatic N) is 2. The summed E-state index contributed by atoms with van der Waals surface area (Å²) in [5.74, 6) is 1.82. The Morgan fingerprint density at radius 1 is 1.42 bits per heavy atom. The monoisotopic (exact) mass is 277 g/mol. The molecule has 2 rings (SSSR count). The predicted octanol–water partition coefficient (Wildman–Crippen LogP) is 2.44. The zero-order valence-electron chi connectivity index (χ0n) is 11.5. The summed E-state index contributed by atoms with van der Waals surface area (Å²) in [7, 11) is 5.60. The summed E-state index contributed by atoms with van der Waals surface area (Å²) < 4.78 is 7.23. The largest absolute Gasteiger partial charge is 0.496 e. The van der Waals surface area contributed by atoms with Crippen LogP contribution in [0.4, 0.5) is 0 Å². The molecule has 4 nitrogen and oxygen atoms in total. The van der Waals surface area contributed by atoms with E-state index < -0.39 is 0 Å². The van der Waals surface area contributed by atoms with Crippen LogP contribution in [-0.4, -0.2) is 23.9 Å². The minimum atomic E-state index is 0.870. The number of benzene rings is 1. The van der Waals surface area contributed by atoms with Crippen LogP contribution in [0.2, 0.25) is 0 Å². The number of hydrogen-bond acceptors (Lipinski definition) is 4. The third-order valence-corrected chi connectivity index (χ3v) is 3.80. The van der Waals surface area contributed by atoms with Crippen LogP contribution in [0, 0.1) is 0 Å². The molecule has 0 amide bonds. The van der Waals surface area contributed by atoms with Gasteiger partial charge in [-0.05, 0) is 24.7 Å². The first-order valence-corrected chi connectivity index (χ1v) is 7.13. The molecule has 1 N–H and O–H groups in total. The van der Waals surface area contributed by atoms with Crippen molar-refractivity contribution in [2.45, 2.75) is 17.2 Å². The van der Waals surface area contributed by atoms with E-state index in [1.54, 1.807) is 18.9 Å². The van der Waals surface area contributed by atoms with Gasteiger partial charge < -0.3 is 10.1 Å². The maximum atomic E-state index is 5.42. The Bertz CT molecular complexity index is 539. The molecular weight excluding hydrogens is 258 g/mol. The SMILES string of the molecule is CNCc1ccc(OC)c(CSc2cnn(C)c2)c1. The first kappa shape index (κ1) is 14.0. The molecule has 1 aromatic heterocycles. The van der Waals surface area contributed by atoms with Crippen LogP contribution >= 0.6 is 11.8 Å². The number of methoxy groups -OCH3 is 1. The molecule has 1 heterocycles. The maximum Gasteiger partial charge on any atom is 0.122 e. The van der Waals surface area contributed by atoms with E-state index in [1.807, 2.05) is 37.2 Å². The molecule has 5 heteroatoms. The van der Waals surface area contributed by atoms with Gasteiger partial charge in [0.05, 0.1) is 13.3 Å². The Kier molecular flexibility index (Phi) is 4.87. The first-order valence-electron chi connectivity index (χ1n) is 6.14. The molecule has 2 aromatic rings. The highest BCUT2D eigenvalue weighted by Crippen LogP contribution is 2.28. The molecule has 1 aromatic carbocycles. The average molecular weight is 277 g/mol. The highest BCUT2D eigenvalue weighted by atomic mass is 32.2. The summed E-state index contributed by atoms with van der Waals surface area (Å²) in [6, 6.07) is 6.32. The highest BCUT2D eigenvalue weighted by molar-refractivity contribution is 7.98. The molecule has 0 saturated carbocycles. The number of aromatic nitrogens is 2. The van der Waals surface area contributed by atoms with Crippen molar-refractivity contribution in [3.8, 4) is 5.75 Å². The Balaban J connectivity index is 2.10. The number of hydrogen-bond donors (Lipinski definition) is 1. The van der Waals surface area contributed by atoms with Crippen LogP contribution in [0.15, 0.2) is 35.5 Å². The van der Waals surface area contributed by atoms with Gasteiger partial charge in [0.1, 0.15) is 5.75 Å². The Morgan fingerprint density at radius 2 is 2.26 bits per heavy atom. The van der Waals surface area contributed by atoms with Gasteiger partial charge in [0.15, 0.2) is 0 Å². The van der Waals surface area contributed by atoms with Gasteiger partial charge in [-0.1, -0.05) is 6.07 Å². The number of rotatable bonds is 6. The zero-order chi connectivity index (χ0) is 13.7. The normalized spacial score (nSPS) is 10.7. The minimum absolute atomic E-state index is 0.870. The Labute approximate surface area is 118 Å². The van der Waals surface area contributed by atoms with Gasteiger partial charge in [-0.2, -0.15) is 5.10 Å². The van der Waals surface area contributed by atoms with E-state index in [9.17, 15) is 0 Å². The van der Waals surface area contributed by atoms with Gasteiger partial charge in [-0.15, -0.1) is 11.8 Å². The van der Waals surface area contributed by atoms with Crippen molar-refractivity contribution in [3.05, 3.63) is 41.7 Å². The number of nitrogens with one attached hydrogen (secondary N) is 1. The van der Waals surface area contributed by atoms with Crippen LogP contribution in [0.1, 0.15) is 11.1 Å². The molecule has 0 spiro atoms. The second kappa shape index (κ2) is 6.63. The fourth-order valence-corrected chi connectivity index (χ4v) is 2.79. The third-order valence-electron chi connectivity index (χ3n) is 2.80. The lowest BCUT2D eigenvalue weighted by atomic mass is 10.1. The van der Waals surface area contributed by atoms with Crippen molar-refractivity contribution in [1.82, 2.24) is 15.1 Å². The summed E-state index contributed by atoms with van der Waals surface area (Å²) >= 11 is 1.77. The summed E-state index contributed by atoms with van der Waals surface area (Å²) in [5.41, 5.74) is 2.48. The lowest BCUT2D eigenvalue weighted by Crippen LogP contribution is -2.05. The summed E-state index contributed by atoms with van der Waals surface area (Å²) in [6.45, 7) is 0.870. The van der Waals surface area contributed by atoms with Crippen LogP contribution in [-0.2, 0) is 19.3 Å². The fraction of sp³-hybridized carbons (Fsp3) is 0.357. The molecule has 0 aliphatic carbocycles. The van der Waals surface area contributed by atoms with Gasteiger partial charge in [0.25, 0.3) is 0 Å². The van der Waals surface area contributed by atoms with E-state index in [0.29, 0.717) is 0 Å². The average Bonchev–Trinajstić information content (AvgIpc) is 2.83. The van der Waals surface area contributed by atoms with Crippen LogP contribution in [0.5, 0.6) is 5.75 Å². The molecule has 0 radical (unpaired) electrons. The van der Waals surface area contributed by atoms with E-state index in [4.69, 9.17) is 4.74 Å². The first-order chi connectivity index (χ1) is 9.22. The number of ether oxygens (including phenoxy) is 1. The Hall–Kier alpha value is -1.46. The molecular formula is C14H19N3OS. The van der Waals surface area contributed by atoms with Gasteiger partial charge in [0.2, 0.25) is 0 Å². The van der Waals surface area contributed by atoms with Crippen LogP contribution in [0.3, 0.4) is 0 Å². The third kappa shape index (κ3) is 3.75. The van der Waals surface area contributed by atoms with Gasteiger partial charge in [0, 0.05) is 36.0 Å². The van der Waals surface area contributed by atoms with Crippen LogP contribution in [0.25, 0.3) is 0 Å². The van der Waals surface area contributed by atoms with Crippen molar-refractivity contribution in [2.75, 3.05) is 14.2 Å². The molecule has 0 atom stereocenters. The summed E-state index contributed by atoms with van der Waals surface area (Å²) in [5, 5.41) is 7.34. The standard InChI is InChI=1S/C14H19N3OS/c1-15-7-11-4-5-14(18-3)12(6-11)10-19-13-8-16-17(2)9-13/h4-6,8-9,15H,7,10H2,1-3H3. The molecule has 0 saturated heterocycles. The molecule has 102 valence electrons. The Morgan fingerprint density at radius 3 is 2.89 bits per heavy atom. The molecule has 0 aliphatic heterocycles. The van der Waals surface area contributed by atoms with Gasteiger partial charge in [-0.3, -0.25) is 4.68 Å². The topological polar surface area (TPSA) is 39.1 Å². The van der Waals surface area contributed by atoms with Crippen LogP contribution < -0.4 is 10.1 Å². The van der Waals surface area contributed by atoms with Crippen molar-refractivity contribution in [1.29, 1.82) is 0 Å². The van der Waals surface area contributed by atoms with Crippen molar-refractivity contribution >= 4 is 11.8 Å². The van der Waals surface area contributed by atoms with Crippen molar-refractivity contribution < 1.29 is 4.74 Å². The summed E-state index contributed by atoms with van der Waals surface area (Å²) in [4.78, 5) is 1.17. The predicted molar refractivity (Wildman–Crippen MR) is 78.5 cm³/mol. The molecule has 19 heavy (non-hydrogen) atoms. The van der Waals surface area contributed by atoms with Gasteiger partial charge >= 0.3 is 0 Å². The fourth-order valence-electron chi connectivity index (χ4n) is 1.89. The summed E-state index contributed by atoms with van der Waals surface area (Å²) in [6.07, 6.45) is 3.91. The van der Waals surface area contributed by atoms with Crippen molar-refractivity contribution in [2.24, 2.45) is 7.05 Å². The van der Waals surface area contributed by atoms with E-state index in [-0.39, 0.29) is 0 Å². The van der Waals surface area contributed by atoms with E-state index in [0.717, 1.165) is 18.0 Å². The molecule has 0 fully saturated rings. The minimum Gasteiger partial charge on any atom is -0.496 e. The smallest absolute Gasteiger partial charge is 0.122 e. The lowest BCUT2D eigenvalue weighted by molar-refractivity contribution is 0.411. The number of thioether (sulfide) groups is 1. The van der Waals surface area contributed by atoms with E-state index in [1.165, 1.54) is 16.0 Å². The maximum absolute atomic E-state index is 5.42. The second-order valence-electron chi connectivity index (χ2n) is 4.31. The zero-order valence-corrected chi connectivity index (χ0v) is 12.3. The molecule has 0 aliphatic rings. The number of aryl methyl sites for hydroxylation is 1. The van der Waals surface area contributed by atoms with Crippen molar-refractivity contribution in [3.63, 3.8) is 0 Å². The lowest BCUT2D eigenvalue weighted by Gasteiger charge is -2.10.